The highest BCUT2D eigenvalue weighted by Gasteiger charge is 2.49. The number of para-hydroxylation sites is 1. The molecule has 0 unspecified atom stereocenters. The molecule has 0 spiro atoms. The number of fused-ring (bicyclic) bond motifs is 3. The van der Waals surface area contributed by atoms with Crippen molar-refractivity contribution >= 4 is 0 Å². The first-order valence-electron chi connectivity index (χ1n) is 6.89. The van der Waals surface area contributed by atoms with Gasteiger partial charge < -0.3 is 9.47 Å². The van der Waals surface area contributed by atoms with Gasteiger partial charge in [-0.1, -0.05) is 24.1 Å². The van der Waals surface area contributed by atoms with Crippen LogP contribution in [-0.2, 0) is 4.74 Å². The molecule has 1 aromatic rings. The predicted octanol–water partition coefficient (Wildman–Crippen LogP) is 3.72. The molecule has 2 aliphatic rings. The molecule has 0 amide bonds. The summed E-state index contributed by atoms with van der Waals surface area (Å²) in [7, 11) is 0. The van der Waals surface area contributed by atoms with Crippen molar-refractivity contribution in [2.45, 2.75) is 50.9 Å². The number of hydrogen-bond donors (Lipinski definition) is 0. The molecule has 2 heteroatoms. The first-order valence-corrected chi connectivity index (χ1v) is 6.89. The highest BCUT2D eigenvalue weighted by molar-refractivity contribution is 5.39. The maximum Gasteiger partial charge on any atom is 0.126 e. The van der Waals surface area contributed by atoms with Crippen molar-refractivity contribution in [1.82, 2.24) is 0 Å². The molecule has 1 fully saturated rings. The third-order valence-electron chi connectivity index (χ3n) is 4.48. The Morgan fingerprint density at radius 1 is 1.26 bits per heavy atom. The molecular formula is C17H20O2. The lowest BCUT2D eigenvalue weighted by atomic mass is 9.73. The van der Waals surface area contributed by atoms with Gasteiger partial charge in [-0.05, 0) is 39.7 Å². The van der Waals surface area contributed by atoms with Gasteiger partial charge in [0.05, 0.1) is 6.10 Å². The number of terminal acetylenes is 1. The topological polar surface area (TPSA) is 18.5 Å². The molecule has 3 rings (SSSR count). The maximum absolute atomic E-state index is 6.27. The van der Waals surface area contributed by atoms with Crippen LogP contribution in [0.25, 0.3) is 0 Å². The normalized spacial score (nSPS) is 35.5. The summed E-state index contributed by atoms with van der Waals surface area (Å²) < 4.78 is 12.4. The number of hydrogen-bond acceptors (Lipinski definition) is 2. The van der Waals surface area contributed by atoms with Crippen LogP contribution in [0.4, 0.5) is 0 Å². The Morgan fingerprint density at radius 2 is 2.00 bits per heavy atom. The molecule has 2 nitrogen and oxygen atoms in total. The third-order valence-corrected chi connectivity index (χ3v) is 4.48. The van der Waals surface area contributed by atoms with E-state index in [0.29, 0.717) is 5.92 Å². The Kier molecular flexibility index (Phi) is 2.66. The average Bonchev–Trinajstić information content (AvgIpc) is 2.38. The molecule has 0 saturated carbocycles. The van der Waals surface area contributed by atoms with E-state index in [1.54, 1.807) is 0 Å². The summed E-state index contributed by atoms with van der Waals surface area (Å²) in [6.07, 6.45) is 7.60. The largest absolute Gasteiger partial charge is 0.487 e. The Morgan fingerprint density at radius 3 is 2.74 bits per heavy atom. The molecule has 100 valence electrons. The van der Waals surface area contributed by atoms with Crippen molar-refractivity contribution in [1.29, 1.82) is 0 Å². The van der Waals surface area contributed by atoms with Gasteiger partial charge >= 0.3 is 0 Å². The summed E-state index contributed by atoms with van der Waals surface area (Å²) >= 11 is 0. The zero-order chi connectivity index (χ0) is 13.7. The van der Waals surface area contributed by atoms with Gasteiger partial charge in [-0.15, -0.1) is 6.42 Å². The Hall–Kier alpha value is -1.46. The molecule has 1 saturated heterocycles. The van der Waals surface area contributed by atoms with E-state index < -0.39 is 5.60 Å². The molecule has 2 aliphatic heterocycles. The summed E-state index contributed by atoms with van der Waals surface area (Å²) in [5.41, 5.74) is 0.462. The van der Waals surface area contributed by atoms with E-state index in [-0.39, 0.29) is 11.7 Å². The van der Waals surface area contributed by atoms with Crippen molar-refractivity contribution in [3.63, 3.8) is 0 Å². The third kappa shape index (κ3) is 1.93. The zero-order valence-electron chi connectivity index (χ0n) is 11.8. The Bertz CT molecular complexity index is 540. The van der Waals surface area contributed by atoms with Crippen LogP contribution >= 0.6 is 0 Å². The minimum Gasteiger partial charge on any atom is -0.487 e. The van der Waals surface area contributed by atoms with Crippen LogP contribution in [0.15, 0.2) is 24.3 Å². The van der Waals surface area contributed by atoms with Crippen LogP contribution in [0.3, 0.4) is 0 Å². The number of rotatable bonds is 0. The molecule has 0 bridgehead atoms. The standard InChI is InChI=1S/C17H20O2/c1-5-17(4)11-10-13-15(19-17)12-8-6-7-9-14(12)18-16(13,2)3/h1,6-9,13,15H,10-11H2,2-4H3/t13-,15+,17-/m1/s1. The molecule has 0 N–H and O–H groups in total. The monoisotopic (exact) mass is 256 g/mol. The molecule has 0 aliphatic carbocycles. The van der Waals surface area contributed by atoms with Crippen LogP contribution in [0.2, 0.25) is 0 Å². The smallest absolute Gasteiger partial charge is 0.126 e. The summed E-state index contributed by atoms with van der Waals surface area (Å²) in [5.74, 6) is 4.09. The molecule has 1 aromatic carbocycles. The van der Waals surface area contributed by atoms with Crippen LogP contribution in [0, 0.1) is 18.3 Å². The SMILES string of the molecule is C#C[C@]1(C)CC[C@@H]2[C@@H](O1)c1ccccc1OC2(C)C. The fraction of sp³-hybridized carbons (Fsp3) is 0.529. The highest BCUT2D eigenvalue weighted by atomic mass is 16.5. The van der Waals surface area contributed by atoms with Crippen molar-refractivity contribution in [3.05, 3.63) is 29.8 Å². The van der Waals surface area contributed by atoms with E-state index in [1.807, 2.05) is 25.1 Å². The molecule has 0 radical (unpaired) electrons. The average molecular weight is 256 g/mol. The van der Waals surface area contributed by atoms with Crippen LogP contribution < -0.4 is 4.74 Å². The number of benzene rings is 1. The van der Waals surface area contributed by atoms with Gasteiger partial charge in [-0.25, -0.2) is 0 Å². The van der Waals surface area contributed by atoms with Gasteiger partial charge in [0, 0.05) is 11.5 Å². The lowest BCUT2D eigenvalue weighted by Gasteiger charge is -2.50. The molecule has 2 heterocycles. The maximum atomic E-state index is 6.27. The lowest BCUT2D eigenvalue weighted by molar-refractivity contribution is -0.169. The van der Waals surface area contributed by atoms with Gasteiger partial charge in [-0.2, -0.15) is 0 Å². The molecule has 0 aromatic heterocycles. The van der Waals surface area contributed by atoms with Crippen molar-refractivity contribution in [3.8, 4) is 18.1 Å². The quantitative estimate of drug-likeness (QED) is 0.659. The molecule has 3 atom stereocenters. The fourth-order valence-electron chi connectivity index (χ4n) is 3.27. The second-order valence-electron chi connectivity index (χ2n) is 6.30. The number of ether oxygens (including phenoxy) is 2. The zero-order valence-corrected chi connectivity index (χ0v) is 11.8. The van der Waals surface area contributed by atoms with E-state index in [2.05, 4.69) is 25.8 Å². The van der Waals surface area contributed by atoms with E-state index in [9.17, 15) is 0 Å². The first-order chi connectivity index (χ1) is 8.95. The summed E-state index contributed by atoms with van der Waals surface area (Å²) in [6, 6.07) is 8.13. The summed E-state index contributed by atoms with van der Waals surface area (Å²) in [6.45, 7) is 6.29. The van der Waals surface area contributed by atoms with Crippen LogP contribution in [0.1, 0.15) is 45.3 Å². The van der Waals surface area contributed by atoms with Gasteiger partial charge in [0.15, 0.2) is 0 Å². The second kappa shape index (κ2) is 4.02. The van der Waals surface area contributed by atoms with Gasteiger partial charge in [0.1, 0.15) is 17.0 Å². The van der Waals surface area contributed by atoms with Gasteiger partial charge in [0.2, 0.25) is 0 Å². The summed E-state index contributed by atoms with van der Waals surface area (Å²) in [4.78, 5) is 0. The second-order valence-corrected chi connectivity index (χ2v) is 6.30. The van der Waals surface area contributed by atoms with E-state index in [4.69, 9.17) is 15.9 Å². The van der Waals surface area contributed by atoms with Crippen molar-refractivity contribution in [2.24, 2.45) is 5.92 Å². The van der Waals surface area contributed by atoms with Crippen molar-refractivity contribution in [2.75, 3.05) is 0 Å². The fourth-order valence-corrected chi connectivity index (χ4v) is 3.27. The minimum atomic E-state index is -0.457. The predicted molar refractivity (Wildman–Crippen MR) is 74.9 cm³/mol. The van der Waals surface area contributed by atoms with Gasteiger partial charge in [0.25, 0.3) is 0 Å². The first kappa shape index (κ1) is 12.6. The van der Waals surface area contributed by atoms with Gasteiger partial charge in [-0.3, -0.25) is 0 Å². The van der Waals surface area contributed by atoms with E-state index in [1.165, 1.54) is 0 Å². The Labute approximate surface area is 115 Å². The van der Waals surface area contributed by atoms with Crippen LogP contribution in [-0.4, -0.2) is 11.2 Å². The lowest BCUT2D eigenvalue weighted by Crippen LogP contribution is -2.50. The molecular weight excluding hydrogens is 236 g/mol. The highest BCUT2D eigenvalue weighted by Crippen LogP contribution is 2.52. The van der Waals surface area contributed by atoms with E-state index >= 15 is 0 Å². The summed E-state index contributed by atoms with van der Waals surface area (Å²) in [5, 5.41) is 0. The van der Waals surface area contributed by atoms with E-state index in [0.717, 1.165) is 24.2 Å². The van der Waals surface area contributed by atoms with Crippen LogP contribution in [0.5, 0.6) is 5.75 Å². The molecule has 19 heavy (non-hydrogen) atoms. The minimum absolute atomic E-state index is 0.0368. The Balaban J connectivity index is 2.06. The van der Waals surface area contributed by atoms with Crippen molar-refractivity contribution < 1.29 is 9.47 Å².